The Morgan fingerprint density at radius 3 is 1.97 bits per heavy atom. The first-order valence-electron chi connectivity index (χ1n) is 10.1. The minimum atomic E-state index is -3.78. The zero-order valence-electron chi connectivity index (χ0n) is 18.1. The van der Waals surface area contributed by atoms with Crippen LogP contribution < -0.4 is 0 Å². The summed E-state index contributed by atoms with van der Waals surface area (Å²) in [5.41, 5.74) is 0.979. The van der Waals surface area contributed by atoms with Crippen LogP contribution in [-0.4, -0.2) is 37.6 Å². The Hall–Kier alpha value is -3.29. The molecule has 6 nitrogen and oxygen atoms in total. The highest BCUT2D eigenvalue weighted by atomic mass is 32.2. The number of hydrogen-bond acceptors (Lipinski definition) is 5. The summed E-state index contributed by atoms with van der Waals surface area (Å²) >= 11 is 0. The number of hydrogen-bond donors (Lipinski definition) is 0. The molecule has 0 bridgehead atoms. The number of ether oxygens (including phenoxy) is 1. The van der Waals surface area contributed by atoms with Gasteiger partial charge in [-0.25, -0.2) is 13.2 Å². The molecule has 0 heterocycles. The fraction of sp³-hybridized carbons (Fsp3) is 0.200. The number of nitrogens with zero attached hydrogens (tertiary/aromatic N) is 1. The second-order valence-electron chi connectivity index (χ2n) is 7.57. The maximum Gasteiger partial charge on any atom is 0.339 e. The molecule has 166 valence electrons. The van der Waals surface area contributed by atoms with Crippen LogP contribution in [0.3, 0.4) is 0 Å². The van der Waals surface area contributed by atoms with Crippen LogP contribution in [0.2, 0.25) is 0 Å². The van der Waals surface area contributed by atoms with Gasteiger partial charge in [0.25, 0.3) is 0 Å². The van der Waals surface area contributed by atoms with E-state index in [2.05, 4.69) is 0 Å². The van der Waals surface area contributed by atoms with Gasteiger partial charge in [-0.15, -0.1) is 0 Å². The first-order chi connectivity index (χ1) is 15.2. The lowest BCUT2D eigenvalue weighted by Gasteiger charge is -2.21. The van der Waals surface area contributed by atoms with E-state index in [0.29, 0.717) is 11.1 Å². The van der Waals surface area contributed by atoms with Crippen LogP contribution in [0.5, 0.6) is 0 Å². The van der Waals surface area contributed by atoms with E-state index in [1.165, 1.54) is 35.6 Å². The highest BCUT2D eigenvalue weighted by molar-refractivity contribution is 7.89. The second kappa shape index (κ2) is 9.89. The maximum absolute atomic E-state index is 13.1. The molecule has 7 heteroatoms. The minimum absolute atomic E-state index is 0.0196. The van der Waals surface area contributed by atoms with Crippen molar-refractivity contribution in [2.24, 2.45) is 0 Å². The Morgan fingerprint density at radius 2 is 1.38 bits per heavy atom. The minimum Gasteiger partial charge on any atom is -0.445 e. The Morgan fingerprint density at radius 1 is 0.812 bits per heavy atom. The molecule has 0 aromatic heterocycles. The molecule has 1 unspecified atom stereocenters. The van der Waals surface area contributed by atoms with Crippen LogP contribution in [0.4, 0.5) is 0 Å². The molecule has 0 spiro atoms. The quantitative estimate of drug-likeness (QED) is 0.372. The van der Waals surface area contributed by atoms with Crippen LogP contribution >= 0.6 is 0 Å². The number of rotatable bonds is 8. The van der Waals surface area contributed by atoms with E-state index >= 15 is 0 Å². The van der Waals surface area contributed by atoms with E-state index in [4.69, 9.17) is 4.74 Å². The third-order valence-corrected chi connectivity index (χ3v) is 7.13. The molecular weight excluding hydrogens is 426 g/mol. The van der Waals surface area contributed by atoms with Crippen LogP contribution in [-0.2, 0) is 14.8 Å². The van der Waals surface area contributed by atoms with Gasteiger partial charge in [0.1, 0.15) is 0 Å². The van der Waals surface area contributed by atoms with Gasteiger partial charge in [0, 0.05) is 24.2 Å². The van der Waals surface area contributed by atoms with Gasteiger partial charge in [0.2, 0.25) is 15.8 Å². The summed E-state index contributed by atoms with van der Waals surface area (Å²) in [6.45, 7) is 3.52. The highest BCUT2D eigenvalue weighted by Gasteiger charge is 2.28. The summed E-state index contributed by atoms with van der Waals surface area (Å²) in [6, 6.07) is 22.7. The number of carbonyl (C=O) groups is 2. The van der Waals surface area contributed by atoms with Crippen molar-refractivity contribution >= 4 is 21.8 Å². The molecule has 0 aliphatic rings. The molecule has 0 amide bonds. The lowest BCUT2D eigenvalue weighted by molar-refractivity contribution is 0.0280. The van der Waals surface area contributed by atoms with Crippen LogP contribution in [0.1, 0.15) is 46.2 Å². The van der Waals surface area contributed by atoms with Gasteiger partial charge in [-0.3, -0.25) is 4.79 Å². The molecule has 3 aromatic carbocycles. The molecular formula is C25H25NO5S. The molecule has 32 heavy (non-hydrogen) atoms. The van der Waals surface area contributed by atoms with Gasteiger partial charge in [-0.1, -0.05) is 66.7 Å². The van der Waals surface area contributed by atoms with E-state index in [9.17, 15) is 18.0 Å². The Labute approximate surface area is 188 Å². The SMILES string of the molecule is CC(C)N(C)S(=O)(=O)c1cccc(C(=O)OC(C(=O)c2ccccc2)c2ccccc2)c1. The zero-order valence-corrected chi connectivity index (χ0v) is 19.0. The van der Waals surface area contributed by atoms with Crippen molar-refractivity contribution in [3.63, 3.8) is 0 Å². The van der Waals surface area contributed by atoms with Gasteiger partial charge < -0.3 is 4.74 Å². The number of esters is 1. The van der Waals surface area contributed by atoms with Crippen molar-refractivity contribution in [2.45, 2.75) is 30.9 Å². The summed E-state index contributed by atoms with van der Waals surface area (Å²) in [5.74, 6) is -1.15. The first kappa shape index (κ1) is 23.4. The zero-order chi connectivity index (χ0) is 23.3. The number of Topliss-reactive ketones (excluding diaryl/α,β-unsaturated/α-hetero) is 1. The molecule has 1 atom stereocenters. The van der Waals surface area contributed by atoms with Crippen molar-refractivity contribution in [2.75, 3.05) is 7.05 Å². The third-order valence-electron chi connectivity index (χ3n) is 5.10. The van der Waals surface area contributed by atoms with Gasteiger partial charge in [-0.05, 0) is 32.0 Å². The molecule has 0 saturated heterocycles. The Bertz CT molecular complexity index is 1190. The highest BCUT2D eigenvalue weighted by Crippen LogP contribution is 2.25. The summed E-state index contributed by atoms with van der Waals surface area (Å²) in [6.07, 6.45) is -1.16. The lowest BCUT2D eigenvalue weighted by Crippen LogP contribution is -2.33. The van der Waals surface area contributed by atoms with E-state index in [1.54, 1.807) is 74.5 Å². The van der Waals surface area contributed by atoms with Crippen molar-refractivity contribution in [1.29, 1.82) is 0 Å². The number of ketones is 1. The summed E-state index contributed by atoms with van der Waals surface area (Å²) in [4.78, 5) is 26.1. The molecule has 3 aromatic rings. The van der Waals surface area contributed by atoms with Gasteiger partial charge in [-0.2, -0.15) is 4.31 Å². The molecule has 0 N–H and O–H groups in total. The molecule has 0 fully saturated rings. The largest absolute Gasteiger partial charge is 0.445 e. The van der Waals surface area contributed by atoms with E-state index in [0.717, 1.165) is 0 Å². The fourth-order valence-corrected chi connectivity index (χ4v) is 4.47. The molecule has 3 rings (SSSR count). The molecule has 0 aliphatic heterocycles. The Kier molecular flexibility index (Phi) is 7.22. The smallest absolute Gasteiger partial charge is 0.339 e. The number of carbonyl (C=O) groups excluding carboxylic acids is 2. The average molecular weight is 452 g/mol. The van der Waals surface area contributed by atoms with Crippen LogP contribution in [0.25, 0.3) is 0 Å². The normalized spacial score (nSPS) is 12.5. The van der Waals surface area contributed by atoms with E-state index in [1.807, 2.05) is 0 Å². The predicted molar refractivity (Wildman–Crippen MR) is 122 cm³/mol. The van der Waals surface area contributed by atoms with Gasteiger partial charge in [0.15, 0.2) is 6.10 Å². The van der Waals surface area contributed by atoms with Crippen LogP contribution in [0, 0.1) is 0 Å². The molecule has 0 aliphatic carbocycles. The summed E-state index contributed by atoms with van der Waals surface area (Å²) in [7, 11) is -2.29. The second-order valence-corrected chi connectivity index (χ2v) is 9.57. The van der Waals surface area contributed by atoms with Crippen molar-refractivity contribution in [1.82, 2.24) is 4.31 Å². The Balaban J connectivity index is 1.93. The maximum atomic E-state index is 13.1. The van der Waals surface area contributed by atoms with Crippen molar-refractivity contribution in [3.8, 4) is 0 Å². The van der Waals surface area contributed by atoms with E-state index in [-0.39, 0.29) is 22.3 Å². The number of sulfonamides is 1. The van der Waals surface area contributed by atoms with E-state index < -0.39 is 22.1 Å². The lowest BCUT2D eigenvalue weighted by atomic mass is 10.00. The number of benzene rings is 3. The molecule has 0 radical (unpaired) electrons. The van der Waals surface area contributed by atoms with Gasteiger partial charge >= 0.3 is 5.97 Å². The topological polar surface area (TPSA) is 80.8 Å². The fourth-order valence-electron chi connectivity index (χ4n) is 3.06. The third kappa shape index (κ3) is 5.12. The average Bonchev–Trinajstić information content (AvgIpc) is 2.82. The van der Waals surface area contributed by atoms with Crippen molar-refractivity contribution < 1.29 is 22.7 Å². The first-order valence-corrected chi connectivity index (χ1v) is 11.6. The summed E-state index contributed by atoms with van der Waals surface area (Å²) < 4.78 is 32.5. The molecule has 0 saturated carbocycles. The summed E-state index contributed by atoms with van der Waals surface area (Å²) in [5, 5.41) is 0. The monoisotopic (exact) mass is 451 g/mol. The van der Waals surface area contributed by atoms with Gasteiger partial charge in [0.05, 0.1) is 10.5 Å². The standard InChI is InChI=1S/C25H25NO5S/c1-18(2)26(3)32(29,30)22-16-10-15-21(17-22)25(28)31-24(20-13-8-5-9-14-20)23(27)19-11-6-4-7-12-19/h4-18,24H,1-3H3. The predicted octanol–water partition coefficient (Wildman–Crippen LogP) is 4.50. The van der Waals surface area contributed by atoms with Crippen molar-refractivity contribution in [3.05, 3.63) is 102 Å². The van der Waals surface area contributed by atoms with Crippen LogP contribution in [0.15, 0.2) is 89.8 Å².